The fourth-order valence-corrected chi connectivity index (χ4v) is 6.05. The molecule has 1 N–H and O–H groups in total. The van der Waals surface area contributed by atoms with Crippen LogP contribution in [-0.4, -0.2) is 51.4 Å². The molecular formula is C29H33Cl2N3O5S. The van der Waals surface area contributed by atoms with Gasteiger partial charge in [0.2, 0.25) is 11.8 Å². The van der Waals surface area contributed by atoms with Crippen LogP contribution < -0.4 is 14.4 Å². The van der Waals surface area contributed by atoms with Gasteiger partial charge < -0.3 is 15.0 Å². The van der Waals surface area contributed by atoms with Crippen molar-refractivity contribution in [1.82, 2.24) is 10.2 Å². The van der Waals surface area contributed by atoms with Gasteiger partial charge in [-0.1, -0.05) is 66.0 Å². The normalized spacial score (nSPS) is 11.9. The molecule has 3 aromatic carbocycles. The zero-order valence-electron chi connectivity index (χ0n) is 22.9. The van der Waals surface area contributed by atoms with E-state index >= 15 is 0 Å². The fourth-order valence-electron chi connectivity index (χ4n) is 4.20. The molecule has 3 aromatic rings. The van der Waals surface area contributed by atoms with Crippen LogP contribution in [0.25, 0.3) is 0 Å². The highest BCUT2D eigenvalue weighted by Gasteiger charge is 2.34. The van der Waals surface area contributed by atoms with E-state index in [4.69, 9.17) is 27.9 Å². The summed E-state index contributed by atoms with van der Waals surface area (Å²) in [5, 5.41) is 3.38. The maximum atomic E-state index is 14.0. The fraction of sp³-hybridized carbons (Fsp3) is 0.310. The van der Waals surface area contributed by atoms with Gasteiger partial charge in [-0.05, 0) is 62.2 Å². The number of amides is 2. The van der Waals surface area contributed by atoms with Crippen LogP contribution in [0, 0.1) is 6.92 Å². The van der Waals surface area contributed by atoms with E-state index in [2.05, 4.69) is 5.32 Å². The van der Waals surface area contributed by atoms with Crippen molar-refractivity contribution in [2.45, 2.75) is 44.7 Å². The average Bonchev–Trinajstić information content (AvgIpc) is 2.92. The zero-order valence-corrected chi connectivity index (χ0v) is 25.2. The first-order valence-electron chi connectivity index (χ1n) is 12.8. The van der Waals surface area contributed by atoms with Crippen molar-refractivity contribution >= 4 is 50.7 Å². The van der Waals surface area contributed by atoms with Gasteiger partial charge in [-0.15, -0.1) is 0 Å². The van der Waals surface area contributed by atoms with Gasteiger partial charge in [0.1, 0.15) is 18.3 Å². The monoisotopic (exact) mass is 605 g/mol. The summed E-state index contributed by atoms with van der Waals surface area (Å²) in [4.78, 5) is 28.4. The molecule has 11 heteroatoms. The van der Waals surface area contributed by atoms with Crippen LogP contribution in [0.1, 0.15) is 31.4 Å². The summed E-state index contributed by atoms with van der Waals surface area (Å²) < 4.78 is 34.1. The first-order valence-corrected chi connectivity index (χ1v) is 15.0. The molecule has 3 rings (SSSR count). The number of aryl methyl sites for hydroxylation is 1. The van der Waals surface area contributed by atoms with Crippen LogP contribution in [0.3, 0.4) is 0 Å². The van der Waals surface area contributed by atoms with E-state index in [1.54, 1.807) is 50.2 Å². The minimum Gasteiger partial charge on any atom is -0.495 e. The van der Waals surface area contributed by atoms with Gasteiger partial charge in [0.25, 0.3) is 10.0 Å². The van der Waals surface area contributed by atoms with Crippen molar-refractivity contribution in [3.05, 3.63) is 87.9 Å². The quantitative estimate of drug-likeness (QED) is 0.296. The molecule has 214 valence electrons. The highest BCUT2D eigenvalue weighted by Crippen LogP contribution is 2.32. The zero-order chi connectivity index (χ0) is 29.4. The third-order valence-corrected chi connectivity index (χ3v) is 8.80. The molecule has 8 nitrogen and oxygen atoms in total. The Morgan fingerprint density at radius 3 is 2.23 bits per heavy atom. The van der Waals surface area contributed by atoms with Crippen molar-refractivity contribution in [2.75, 3.05) is 24.5 Å². The number of hydrogen-bond acceptors (Lipinski definition) is 5. The Balaban J connectivity index is 2.11. The lowest BCUT2D eigenvalue weighted by atomic mass is 10.1. The predicted octanol–water partition coefficient (Wildman–Crippen LogP) is 5.45. The van der Waals surface area contributed by atoms with Gasteiger partial charge in [0.15, 0.2) is 0 Å². The lowest BCUT2D eigenvalue weighted by Gasteiger charge is -2.33. The number of halogens is 2. The van der Waals surface area contributed by atoms with Crippen LogP contribution in [-0.2, 0) is 26.2 Å². The van der Waals surface area contributed by atoms with Crippen LogP contribution in [0.5, 0.6) is 5.75 Å². The number of anilines is 1. The summed E-state index contributed by atoms with van der Waals surface area (Å²) in [6.45, 7) is 5.22. The molecule has 0 aromatic heterocycles. The number of benzene rings is 3. The number of methoxy groups -OCH3 is 1. The molecule has 2 amide bonds. The molecule has 0 aliphatic heterocycles. The Hall–Kier alpha value is -3.27. The molecule has 0 unspecified atom stereocenters. The van der Waals surface area contributed by atoms with Crippen molar-refractivity contribution < 1.29 is 22.7 Å². The van der Waals surface area contributed by atoms with Gasteiger partial charge >= 0.3 is 0 Å². The van der Waals surface area contributed by atoms with Crippen molar-refractivity contribution in [2.24, 2.45) is 0 Å². The Labute approximate surface area is 245 Å². The molecule has 0 aliphatic carbocycles. The molecular weight excluding hydrogens is 573 g/mol. The van der Waals surface area contributed by atoms with E-state index in [9.17, 15) is 18.0 Å². The Morgan fingerprint density at radius 1 is 0.975 bits per heavy atom. The lowest BCUT2D eigenvalue weighted by Crippen LogP contribution is -2.52. The lowest BCUT2D eigenvalue weighted by molar-refractivity contribution is -0.140. The third kappa shape index (κ3) is 7.27. The smallest absolute Gasteiger partial charge is 0.264 e. The minimum atomic E-state index is -4.22. The molecule has 0 saturated carbocycles. The minimum absolute atomic E-state index is 0.00580. The van der Waals surface area contributed by atoms with Gasteiger partial charge in [-0.25, -0.2) is 8.42 Å². The largest absolute Gasteiger partial charge is 0.495 e. The number of ether oxygens (including phenoxy) is 1. The van der Waals surface area contributed by atoms with Crippen molar-refractivity contribution in [1.29, 1.82) is 0 Å². The Morgan fingerprint density at radius 2 is 1.65 bits per heavy atom. The number of carbonyl (C=O) groups excluding carboxylic acids is 2. The van der Waals surface area contributed by atoms with Gasteiger partial charge in [0.05, 0.1) is 22.7 Å². The van der Waals surface area contributed by atoms with Crippen LogP contribution in [0.4, 0.5) is 5.69 Å². The van der Waals surface area contributed by atoms with E-state index < -0.39 is 28.5 Å². The molecule has 0 fully saturated rings. The van der Waals surface area contributed by atoms with E-state index in [1.807, 2.05) is 6.92 Å². The second kappa shape index (κ2) is 13.9. The van der Waals surface area contributed by atoms with E-state index in [0.717, 1.165) is 9.87 Å². The molecule has 0 bridgehead atoms. The van der Waals surface area contributed by atoms with Crippen LogP contribution >= 0.6 is 23.2 Å². The topological polar surface area (TPSA) is 96.0 Å². The molecule has 0 aliphatic rings. The first kappa shape index (κ1) is 31.3. The second-order valence-electron chi connectivity index (χ2n) is 9.08. The van der Waals surface area contributed by atoms with Gasteiger partial charge in [-0.3, -0.25) is 13.9 Å². The number of nitrogens with one attached hydrogen (secondary N) is 1. The number of rotatable bonds is 12. The molecule has 0 heterocycles. The summed E-state index contributed by atoms with van der Waals surface area (Å²) in [7, 11) is -2.77. The molecule has 0 saturated heterocycles. The van der Waals surface area contributed by atoms with E-state index in [-0.39, 0.29) is 28.1 Å². The standard InChI is InChI=1S/C29H33Cl2N3O5S/c1-5-26(29(36)32-6-2)33(18-21-9-7-8-10-24(21)30)28(35)19-34(22-13-16-27(39-4)25(31)17-22)40(37,38)23-14-11-20(3)12-15-23/h7-17,26H,5-6,18-19H2,1-4H3,(H,32,36)/t26-/m0/s1. The molecule has 0 radical (unpaired) electrons. The number of hydrogen-bond donors (Lipinski definition) is 1. The number of nitrogens with zero attached hydrogens (tertiary/aromatic N) is 2. The van der Waals surface area contributed by atoms with Gasteiger partial charge in [0, 0.05) is 18.1 Å². The maximum absolute atomic E-state index is 14.0. The number of sulfonamides is 1. The van der Waals surface area contributed by atoms with Crippen LogP contribution in [0.2, 0.25) is 10.0 Å². The Kier molecular flexibility index (Phi) is 10.8. The van der Waals surface area contributed by atoms with Crippen LogP contribution in [0.15, 0.2) is 71.6 Å². The summed E-state index contributed by atoms with van der Waals surface area (Å²) in [5.74, 6) is -0.571. The van der Waals surface area contributed by atoms with E-state index in [0.29, 0.717) is 29.3 Å². The van der Waals surface area contributed by atoms with Gasteiger partial charge in [-0.2, -0.15) is 0 Å². The predicted molar refractivity (Wildman–Crippen MR) is 158 cm³/mol. The highest BCUT2D eigenvalue weighted by atomic mass is 35.5. The summed E-state index contributed by atoms with van der Waals surface area (Å²) in [6.07, 6.45) is 0.307. The molecule has 1 atom stereocenters. The average molecular weight is 607 g/mol. The second-order valence-corrected chi connectivity index (χ2v) is 11.8. The van der Waals surface area contributed by atoms with Crippen molar-refractivity contribution in [3.8, 4) is 5.75 Å². The summed E-state index contributed by atoms with van der Waals surface area (Å²) in [5.41, 5.74) is 1.68. The first-order chi connectivity index (χ1) is 19.0. The SMILES string of the molecule is CCNC(=O)[C@H](CC)N(Cc1ccccc1Cl)C(=O)CN(c1ccc(OC)c(Cl)c1)S(=O)(=O)c1ccc(C)cc1. The molecule has 40 heavy (non-hydrogen) atoms. The Bertz CT molecular complexity index is 1450. The van der Waals surface area contributed by atoms with Crippen molar-refractivity contribution in [3.63, 3.8) is 0 Å². The number of carbonyl (C=O) groups is 2. The maximum Gasteiger partial charge on any atom is 0.264 e. The summed E-state index contributed by atoms with van der Waals surface area (Å²) in [6, 6.07) is 17.0. The highest BCUT2D eigenvalue weighted by molar-refractivity contribution is 7.92. The summed E-state index contributed by atoms with van der Waals surface area (Å²) >= 11 is 12.8. The molecule has 0 spiro atoms. The van der Waals surface area contributed by atoms with E-state index in [1.165, 1.54) is 42.3 Å². The third-order valence-electron chi connectivity index (χ3n) is 6.35. The number of likely N-dealkylation sites (N-methyl/N-ethyl adjacent to an activating group) is 1.